The van der Waals surface area contributed by atoms with Gasteiger partial charge in [0.15, 0.2) is 0 Å². The van der Waals surface area contributed by atoms with Crippen molar-refractivity contribution in [2.45, 2.75) is 37.2 Å². The van der Waals surface area contributed by atoms with Gasteiger partial charge in [-0.3, -0.25) is 4.98 Å². The van der Waals surface area contributed by atoms with E-state index in [1.165, 1.54) is 6.92 Å². The third-order valence-corrected chi connectivity index (χ3v) is 4.38. The molecule has 0 fully saturated rings. The minimum atomic E-state index is -4.58. The van der Waals surface area contributed by atoms with Gasteiger partial charge in [-0.15, -0.1) is 11.8 Å². The summed E-state index contributed by atoms with van der Waals surface area (Å²) in [6.07, 6.45) is -0.943. The van der Waals surface area contributed by atoms with Crippen molar-refractivity contribution < 1.29 is 13.2 Å². The summed E-state index contributed by atoms with van der Waals surface area (Å²) in [7, 11) is 0. The van der Waals surface area contributed by atoms with Crippen LogP contribution >= 0.6 is 11.8 Å². The van der Waals surface area contributed by atoms with Gasteiger partial charge >= 0.3 is 6.18 Å². The number of hydrogen-bond donors (Lipinski definition) is 0. The highest BCUT2D eigenvalue weighted by molar-refractivity contribution is 7.98. The Kier molecular flexibility index (Phi) is 5.26. The first-order valence-corrected chi connectivity index (χ1v) is 7.89. The van der Waals surface area contributed by atoms with Crippen molar-refractivity contribution in [2.24, 2.45) is 0 Å². The average molecular weight is 337 g/mol. The summed E-state index contributed by atoms with van der Waals surface area (Å²) in [4.78, 5) is 8.24. The van der Waals surface area contributed by atoms with E-state index in [0.29, 0.717) is 17.9 Å². The molecule has 0 unspecified atom stereocenters. The van der Waals surface area contributed by atoms with E-state index in [9.17, 15) is 18.4 Å². The maximum Gasteiger partial charge on any atom is 0.418 e. The number of nitrogens with zero attached hydrogens (tertiary/aromatic N) is 3. The van der Waals surface area contributed by atoms with Crippen molar-refractivity contribution in [3.05, 3.63) is 52.5 Å². The topological polar surface area (TPSA) is 49.6 Å². The van der Waals surface area contributed by atoms with Crippen LogP contribution in [-0.4, -0.2) is 9.97 Å². The van der Waals surface area contributed by atoms with Crippen LogP contribution in [0, 0.1) is 18.3 Å². The number of alkyl halides is 3. The number of thioether (sulfide) groups is 1. The van der Waals surface area contributed by atoms with Crippen LogP contribution in [0.5, 0.6) is 0 Å². The zero-order valence-electron chi connectivity index (χ0n) is 12.6. The van der Waals surface area contributed by atoms with Crippen LogP contribution < -0.4 is 0 Å². The Bertz CT molecular complexity index is 737. The van der Waals surface area contributed by atoms with Gasteiger partial charge in [-0.2, -0.15) is 18.4 Å². The Morgan fingerprint density at radius 3 is 2.61 bits per heavy atom. The van der Waals surface area contributed by atoms with Gasteiger partial charge < -0.3 is 0 Å². The lowest BCUT2D eigenvalue weighted by atomic mass is 10.0. The van der Waals surface area contributed by atoms with Gasteiger partial charge in [0.25, 0.3) is 0 Å². The number of aryl methyl sites for hydroxylation is 1. The standard InChI is InChI=1S/C16H14F3N3S/c1-3-13-10(2)14(16(17,18)19)12(7-20)15(22-13)23-9-11-5-4-6-21-8-11/h4-6,8H,3,9H2,1-2H3. The maximum absolute atomic E-state index is 13.4. The molecular weight excluding hydrogens is 323 g/mol. The maximum atomic E-state index is 13.4. The Balaban J connectivity index is 2.48. The molecule has 2 heterocycles. The highest BCUT2D eigenvalue weighted by Gasteiger charge is 2.38. The van der Waals surface area contributed by atoms with Crippen molar-refractivity contribution >= 4 is 11.8 Å². The van der Waals surface area contributed by atoms with E-state index >= 15 is 0 Å². The van der Waals surface area contributed by atoms with Crippen LogP contribution in [0.4, 0.5) is 13.2 Å². The van der Waals surface area contributed by atoms with Crippen LogP contribution in [0.3, 0.4) is 0 Å². The summed E-state index contributed by atoms with van der Waals surface area (Å²) in [6, 6.07) is 5.26. The largest absolute Gasteiger partial charge is 0.418 e. The summed E-state index contributed by atoms with van der Waals surface area (Å²) in [5.41, 5.74) is -0.0238. The van der Waals surface area contributed by atoms with E-state index in [-0.39, 0.29) is 10.6 Å². The van der Waals surface area contributed by atoms with E-state index in [1.807, 2.05) is 6.07 Å². The predicted molar refractivity (Wildman–Crippen MR) is 81.9 cm³/mol. The molecule has 7 heteroatoms. The lowest BCUT2D eigenvalue weighted by Crippen LogP contribution is -2.14. The molecule has 0 aromatic carbocycles. The first-order valence-electron chi connectivity index (χ1n) is 6.91. The molecule has 0 aliphatic carbocycles. The summed E-state index contributed by atoms with van der Waals surface area (Å²) in [5, 5.41) is 9.35. The number of aromatic nitrogens is 2. The predicted octanol–water partition coefficient (Wildman–Crippen LogP) is 4.53. The van der Waals surface area contributed by atoms with E-state index in [2.05, 4.69) is 9.97 Å². The van der Waals surface area contributed by atoms with Gasteiger partial charge in [0, 0.05) is 23.8 Å². The molecule has 3 nitrogen and oxygen atoms in total. The smallest absolute Gasteiger partial charge is 0.264 e. The van der Waals surface area contributed by atoms with Gasteiger partial charge in [-0.25, -0.2) is 4.98 Å². The molecule has 0 saturated carbocycles. The molecule has 0 bridgehead atoms. The number of rotatable bonds is 4. The minimum absolute atomic E-state index is 0.0299. The third-order valence-electron chi connectivity index (χ3n) is 3.34. The monoisotopic (exact) mass is 337 g/mol. The Morgan fingerprint density at radius 1 is 1.35 bits per heavy atom. The van der Waals surface area contributed by atoms with Crippen LogP contribution in [0.1, 0.15) is 34.9 Å². The summed E-state index contributed by atoms with van der Waals surface area (Å²) < 4.78 is 40.1. The van der Waals surface area contributed by atoms with Crippen LogP contribution in [-0.2, 0) is 18.3 Å². The zero-order valence-corrected chi connectivity index (χ0v) is 13.4. The molecule has 2 aromatic heterocycles. The molecule has 0 aliphatic heterocycles. The molecular formula is C16H14F3N3S. The molecule has 0 atom stereocenters. The molecule has 0 spiro atoms. The first-order chi connectivity index (χ1) is 10.9. The van der Waals surface area contributed by atoms with Crippen LogP contribution in [0.15, 0.2) is 29.6 Å². The van der Waals surface area contributed by atoms with Crippen molar-refractivity contribution in [1.29, 1.82) is 5.26 Å². The normalized spacial score (nSPS) is 11.3. The highest BCUT2D eigenvalue weighted by Crippen LogP contribution is 2.39. The molecule has 2 rings (SSSR count). The number of hydrogen-bond acceptors (Lipinski definition) is 4. The molecule has 2 aromatic rings. The third kappa shape index (κ3) is 3.82. The fourth-order valence-electron chi connectivity index (χ4n) is 2.24. The van der Waals surface area contributed by atoms with Crippen LogP contribution in [0.25, 0.3) is 0 Å². The second-order valence-corrected chi connectivity index (χ2v) is 5.82. The summed E-state index contributed by atoms with van der Waals surface area (Å²) in [6.45, 7) is 3.11. The van der Waals surface area contributed by atoms with Gasteiger partial charge in [0.1, 0.15) is 11.1 Å². The fraction of sp³-hybridized carbons (Fsp3) is 0.312. The molecule has 0 aliphatic rings. The quantitative estimate of drug-likeness (QED) is 0.769. The van der Waals surface area contributed by atoms with Crippen LogP contribution in [0.2, 0.25) is 0 Å². The number of halogens is 3. The molecule has 0 saturated heterocycles. The van der Waals surface area contributed by atoms with Crippen molar-refractivity contribution in [2.75, 3.05) is 0 Å². The van der Waals surface area contributed by atoms with Gasteiger partial charge in [-0.05, 0) is 30.5 Å². The van der Waals surface area contributed by atoms with Gasteiger partial charge in [-0.1, -0.05) is 13.0 Å². The highest BCUT2D eigenvalue weighted by atomic mass is 32.2. The fourth-order valence-corrected chi connectivity index (χ4v) is 3.18. The Morgan fingerprint density at radius 2 is 2.09 bits per heavy atom. The Labute approximate surface area is 136 Å². The number of nitriles is 1. The second kappa shape index (κ2) is 7.01. The van der Waals surface area contributed by atoms with Crippen molar-refractivity contribution in [1.82, 2.24) is 9.97 Å². The van der Waals surface area contributed by atoms with Crippen molar-refractivity contribution in [3.8, 4) is 6.07 Å². The number of pyridine rings is 2. The molecule has 0 radical (unpaired) electrons. The van der Waals surface area contributed by atoms with Crippen molar-refractivity contribution in [3.63, 3.8) is 0 Å². The first kappa shape index (κ1) is 17.3. The second-order valence-electron chi connectivity index (χ2n) is 4.85. The minimum Gasteiger partial charge on any atom is -0.264 e. The van der Waals surface area contributed by atoms with Gasteiger partial charge in [0.05, 0.1) is 11.1 Å². The molecule has 0 N–H and O–H groups in total. The van der Waals surface area contributed by atoms with Gasteiger partial charge in [0.2, 0.25) is 0 Å². The summed E-state index contributed by atoms with van der Waals surface area (Å²) in [5.74, 6) is 0.402. The lowest BCUT2D eigenvalue weighted by Gasteiger charge is -2.17. The lowest BCUT2D eigenvalue weighted by molar-refractivity contribution is -0.138. The molecule has 23 heavy (non-hydrogen) atoms. The van der Waals surface area contributed by atoms with E-state index < -0.39 is 17.3 Å². The van der Waals surface area contributed by atoms with E-state index in [4.69, 9.17) is 0 Å². The SMILES string of the molecule is CCc1nc(SCc2cccnc2)c(C#N)c(C(F)(F)F)c1C. The zero-order chi connectivity index (χ0) is 17.0. The van der Waals surface area contributed by atoms with E-state index in [0.717, 1.165) is 17.3 Å². The molecule has 120 valence electrons. The average Bonchev–Trinajstić information content (AvgIpc) is 2.52. The Hall–Kier alpha value is -2.07. The van der Waals surface area contributed by atoms with E-state index in [1.54, 1.807) is 31.5 Å². The molecule has 0 amide bonds. The summed E-state index contributed by atoms with van der Waals surface area (Å²) >= 11 is 1.12.